The molecule has 1 aromatic rings. The molecular weight excluding hydrogens is 260 g/mol. The highest BCUT2D eigenvalue weighted by Crippen LogP contribution is 2.51. The number of ether oxygens (including phenoxy) is 1. The largest absolute Gasteiger partial charge is 0.364 e. The van der Waals surface area contributed by atoms with Crippen molar-refractivity contribution in [3.8, 4) is 0 Å². The minimum Gasteiger partial charge on any atom is -0.364 e. The summed E-state index contributed by atoms with van der Waals surface area (Å²) in [5, 5.41) is 1.42. The van der Waals surface area contributed by atoms with Gasteiger partial charge in [0, 0.05) is 5.41 Å². The summed E-state index contributed by atoms with van der Waals surface area (Å²) in [6.07, 6.45) is 1.99. The Bertz CT molecular complexity index is 614. The molecule has 2 atom stereocenters. The van der Waals surface area contributed by atoms with Gasteiger partial charge in [-0.05, 0) is 36.0 Å². The van der Waals surface area contributed by atoms with Crippen LogP contribution in [-0.2, 0) is 14.6 Å². The molecule has 0 radical (unpaired) electrons. The number of hydrogen-bond donors (Lipinski definition) is 0. The normalized spacial score (nSPS) is 30.9. The Morgan fingerprint density at radius 1 is 1.26 bits per heavy atom. The van der Waals surface area contributed by atoms with E-state index in [1.54, 1.807) is 24.3 Å². The van der Waals surface area contributed by atoms with Crippen LogP contribution in [0.5, 0.6) is 0 Å². The van der Waals surface area contributed by atoms with Crippen molar-refractivity contribution in [1.29, 1.82) is 0 Å². The summed E-state index contributed by atoms with van der Waals surface area (Å²) < 4.78 is 30.2. The predicted molar refractivity (Wildman–Crippen MR) is 73.4 cm³/mol. The van der Waals surface area contributed by atoms with Gasteiger partial charge in [-0.25, -0.2) is 8.42 Å². The van der Waals surface area contributed by atoms with Gasteiger partial charge in [0.25, 0.3) is 0 Å². The van der Waals surface area contributed by atoms with Gasteiger partial charge in [-0.2, -0.15) is 0 Å². The highest BCUT2D eigenvalue weighted by Gasteiger charge is 2.54. The third-order valence-electron chi connectivity index (χ3n) is 4.06. The maximum Gasteiger partial charge on any atom is 0.199 e. The highest BCUT2D eigenvalue weighted by molar-refractivity contribution is 7.94. The summed E-state index contributed by atoms with van der Waals surface area (Å²) in [6, 6.07) is 8.56. The molecule has 0 aromatic heterocycles. The van der Waals surface area contributed by atoms with Crippen LogP contribution in [0, 0.1) is 5.41 Å². The lowest BCUT2D eigenvalue weighted by molar-refractivity contribution is 0.232. The minimum absolute atomic E-state index is 0.0160. The first kappa shape index (κ1) is 12.9. The van der Waals surface area contributed by atoms with Crippen molar-refractivity contribution in [2.75, 3.05) is 0 Å². The molecule has 3 rings (SSSR count). The van der Waals surface area contributed by atoms with Crippen LogP contribution in [0.1, 0.15) is 26.7 Å². The van der Waals surface area contributed by atoms with E-state index in [-0.39, 0.29) is 17.6 Å². The first-order valence-corrected chi connectivity index (χ1v) is 8.11. The Morgan fingerprint density at radius 3 is 2.63 bits per heavy atom. The fraction of sp³-hybridized carbons (Fsp3) is 0.467. The topological polar surface area (TPSA) is 46.7 Å². The Hall–Kier alpha value is -1.13. The molecule has 1 aliphatic carbocycles. The zero-order valence-electron chi connectivity index (χ0n) is 11.2. The lowest BCUT2D eigenvalue weighted by atomic mass is 9.76. The molecule has 4 heteroatoms. The van der Waals surface area contributed by atoms with Gasteiger partial charge < -0.3 is 4.74 Å². The van der Waals surface area contributed by atoms with E-state index in [2.05, 4.69) is 13.8 Å². The Labute approximate surface area is 114 Å². The average Bonchev–Trinajstić information content (AvgIpc) is 3.16. The molecule has 0 N–H and O–H groups in total. The molecule has 0 spiro atoms. The third kappa shape index (κ3) is 2.35. The van der Waals surface area contributed by atoms with Crippen LogP contribution < -0.4 is 0 Å². The number of benzene rings is 1. The molecule has 2 aliphatic rings. The van der Waals surface area contributed by atoms with Crippen molar-refractivity contribution in [3.05, 3.63) is 41.3 Å². The molecule has 19 heavy (non-hydrogen) atoms. The molecule has 0 amide bonds. The zero-order valence-corrected chi connectivity index (χ0v) is 12.0. The quantitative estimate of drug-likeness (QED) is 0.781. The van der Waals surface area contributed by atoms with Crippen molar-refractivity contribution in [2.24, 2.45) is 5.41 Å². The molecule has 1 saturated heterocycles. The van der Waals surface area contributed by atoms with E-state index in [0.717, 1.165) is 18.4 Å². The molecule has 1 heterocycles. The van der Waals surface area contributed by atoms with Crippen molar-refractivity contribution >= 4 is 9.84 Å². The van der Waals surface area contributed by atoms with E-state index in [0.29, 0.717) is 4.90 Å². The van der Waals surface area contributed by atoms with E-state index >= 15 is 0 Å². The van der Waals surface area contributed by atoms with Crippen molar-refractivity contribution in [2.45, 2.75) is 43.8 Å². The van der Waals surface area contributed by atoms with Gasteiger partial charge in [-0.1, -0.05) is 32.0 Å². The van der Waals surface area contributed by atoms with Crippen molar-refractivity contribution < 1.29 is 13.2 Å². The molecule has 1 aromatic carbocycles. The van der Waals surface area contributed by atoms with Gasteiger partial charge in [0.1, 0.15) is 6.10 Å². The molecule has 2 unspecified atom stereocenters. The summed E-state index contributed by atoms with van der Waals surface area (Å²) in [5.41, 5.74) is 1.09. The number of rotatable bonds is 2. The lowest BCUT2D eigenvalue weighted by Gasteiger charge is -2.26. The van der Waals surface area contributed by atoms with Gasteiger partial charge in [0.05, 0.1) is 11.0 Å². The maximum absolute atomic E-state index is 12.3. The first-order chi connectivity index (χ1) is 8.90. The van der Waals surface area contributed by atoms with Gasteiger partial charge in [0.2, 0.25) is 0 Å². The molecule has 0 bridgehead atoms. The molecule has 102 valence electrons. The van der Waals surface area contributed by atoms with E-state index in [9.17, 15) is 8.42 Å². The SMILES string of the molecule is CC1(C)CCC(=CS(=O)(=O)c2ccccc2)C2OC21. The summed E-state index contributed by atoms with van der Waals surface area (Å²) in [5.74, 6) is 0. The van der Waals surface area contributed by atoms with Gasteiger partial charge >= 0.3 is 0 Å². The average molecular weight is 278 g/mol. The van der Waals surface area contributed by atoms with Crippen LogP contribution in [-0.4, -0.2) is 20.6 Å². The van der Waals surface area contributed by atoms with Crippen LogP contribution in [0.25, 0.3) is 0 Å². The van der Waals surface area contributed by atoms with Gasteiger partial charge in [-0.3, -0.25) is 0 Å². The van der Waals surface area contributed by atoms with E-state index in [1.165, 1.54) is 5.41 Å². The number of fused-ring (bicyclic) bond motifs is 1. The predicted octanol–water partition coefficient (Wildman–Crippen LogP) is 2.93. The lowest BCUT2D eigenvalue weighted by Crippen LogP contribution is -2.26. The van der Waals surface area contributed by atoms with E-state index in [1.807, 2.05) is 6.07 Å². The van der Waals surface area contributed by atoms with Gasteiger partial charge in [-0.15, -0.1) is 0 Å². The smallest absolute Gasteiger partial charge is 0.199 e. The highest BCUT2D eigenvalue weighted by atomic mass is 32.2. The summed E-state index contributed by atoms with van der Waals surface area (Å²) in [7, 11) is -3.35. The van der Waals surface area contributed by atoms with Crippen LogP contribution in [0.3, 0.4) is 0 Å². The summed E-state index contributed by atoms with van der Waals surface area (Å²) in [4.78, 5) is 0.351. The third-order valence-corrected chi connectivity index (χ3v) is 5.61. The van der Waals surface area contributed by atoms with Crippen molar-refractivity contribution in [3.63, 3.8) is 0 Å². The number of hydrogen-bond acceptors (Lipinski definition) is 3. The zero-order chi connectivity index (χ0) is 13.7. The van der Waals surface area contributed by atoms with Gasteiger partial charge in [0.15, 0.2) is 9.84 Å². The second-order valence-electron chi connectivity index (χ2n) is 6.02. The van der Waals surface area contributed by atoms with Crippen molar-refractivity contribution in [1.82, 2.24) is 0 Å². The van der Waals surface area contributed by atoms with Crippen LogP contribution in [0.2, 0.25) is 0 Å². The van der Waals surface area contributed by atoms with E-state index in [4.69, 9.17) is 4.74 Å². The Balaban J connectivity index is 1.88. The summed E-state index contributed by atoms with van der Waals surface area (Å²) >= 11 is 0. The number of epoxide rings is 1. The first-order valence-electron chi connectivity index (χ1n) is 6.56. The number of sulfone groups is 1. The molecule has 3 nitrogen and oxygen atoms in total. The molecule has 1 aliphatic heterocycles. The maximum atomic E-state index is 12.3. The molecular formula is C15H18O3S. The Morgan fingerprint density at radius 2 is 1.95 bits per heavy atom. The Kier molecular flexibility index (Phi) is 2.84. The minimum atomic E-state index is -3.35. The second-order valence-corrected chi connectivity index (χ2v) is 7.81. The molecule has 2 fully saturated rings. The van der Waals surface area contributed by atoms with Crippen LogP contribution >= 0.6 is 0 Å². The fourth-order valence-electron chi connectivity index (χ4n) is 2.74. The second kappa shape index (κ2) is 4.18. The molecule has 1 saturated carbocycles. The van der Waals surface area contributed by atoms with E-state index < -0.39 is 9.84 Å². The summed E-state index contributed by atoms with van der Waals surface area (Å²) in [6.45, 7) is 4.36. The van der Waals surface area contributed by atoms with Crippen LogP contribution in [0.15, 0.2) is 46.2 Å². The fourth-order valence-corrected chi connectivity index (χ4v) is 4.07. The van der Waals surface area contributed by atoms with Crippen LogP contribution in [0.4, 0.5) is 0 Å². The standard InChI is InChI=1S/C15H18O3S/c1-15(2)9-8-11(13-14(15)18-13)10-19(16,17)12-6-4-3-5-7-12/h3-7,10,13-14H,8-9H2,1-2H3. The monoisotopic (exact) mass is 278 g/mol.